The molecule has 0 fully saturated rings. The van der Waals surface area contributed by atoms with Gasteiger partial charge in [0.15, 0.2) is 5.78 Å². The van der Waals surface area contributed by atoms with Gasteiger partial charge < -0.3 is 0 Å². The number of ketones is 1. The number of rotatable bonds is 2. The number of nitrogens with one attached hydrogen (secondary N) is 1. The molecular formula is C11H12N4O2. The van der Waals surface area contributed by atoms with E-state index in [1.807, 2.05) is 26.0 Å². The van der Waals surface area contributed by atoms with Gasteiger partial charge >= 0.3 is 5.69 Å². The summed E-state index contributed by atoms with van der Waals surface area (Å²) in [6.07, 6.45) is 0. The van der Waals surface area contributed by atoms with Crippen molar-refractivity contribution in [1.82, 2.24) is 20.2 Å². The van der Waals surface area contributed by atoms with Gasteiger partial charge in [-0.2, -0.15) is 4.68 Å². The van der Waals surface area contributed by atoms with Gasteiger partial charge in [-0.05, 0) is 42.3 Å². The number of aromatic amines is 1. The van der Waals surface area contributed by atoms with Crippen LogP contribution in [0.15, 0.2) is 16.9 Å². The molecular weight excluding hydrogens is 220 g/mol. The molecule has 0 saturated heterocycles. The molecule has 0 aliphatic rings. The molecule has 17 heavy (non-hydrogen) atoms. The highest BCUT2D eigenvalue weighted by Gasteiger charge is 2.17. The van der Waals surface area contributed by atoms with Crippen LogP contribution in [0.3, 0.4) is 0 Å². The van der Waals surface area contributed by atoms with E-state index in [2.05, 4.69) is 15.5 Å². The van der Waals surface area contributed by atoms with Crippen LogP contribution in [-0.4, -0.2) is 26.0 Å². The molecule has 0 unspecified atom stereocenters. The van der Waals surface area contributed by atoms with E-state index < -0.39 is 5.69 Å². The van der Waals surface area contributed by atoms with Crippen LogP contribution >= 0.6 is 0 Å². The van der Waals surface area contributed by atoms with Crippen molar-refractivity contribution in [3.05, 3.63) is 39.3 Å². The summed E-state index contributed by atoms with van der Waals surface area (Å²) < 4.78 is 1.11. The maximum Gasteiger partial charge on any atom is 0.365 e. The Balaban J connectivity index is 2.85. The molecule has 0 aliphatic carbocycles. The summed E-state index contributed by atoms with van der Waals surface area (Å²) in [5.74, 6) is -0.101. The third-order valence-corrected chi connectivity index (χ3v) is 2.62. The summed E-state index contributed by atoms with van der Waals surface area (Å²) in [5, 5.41) is 9.33. The minimum atomic E-state index is -0.457. The first-order chi connectivity index (χ1) is 8.02. The zero-order valence-electron chi connectivity index (χ0n) is 9.81. The monoisotopic (exact) mass is 232 g/mol. The van der Waals surface area contributed by atoms with E-state index in [1.165, 1.54) is 6.92 Å². The Morgan fingerprint density at radius 3 is 2.47 bits per heavy atom. The minimum Gasteiger partial charge on any atom is -0.294 e. The number of carbonyl (C=O) groups excluding carboxylic acids is 1. The zero-order valence-corrected chi connectivity index (χ0v) is 9.81. The van der Waals surface area contributed by atoms with E-state index in [0.29, 0.717) is 11.3 Å². The Kier molecular flexibility index (Phi) is 2.63. The van der Waals surface area contributed by atoms with Crippen LogP contribution in [0.4, 0.5) is 0 Å². The van der Waals surface area contributed by atoms with Crippen molar-refractivity contribution in [1.29, 1.82) is 0 Å². The molecule has 0 radical (unpaired) electrons. The van der Waals surface area contributed by atoms with Crippen LogP contribution in [0.1, 0.15) is 28.4 Å². The maximum absolute atomic E-state index is 11.7. The van der Waals surface area contributed by atoms with Gasteiger partial charge in [-0.3, -0.25) is 4.79 Å². The Bertz CT molecular complexity index is 639. The zero-order chi connectivity index (χ0) is 12.6. The van der Waals surface area contributed by atoms with E-state index in [1.54, 1.807) is 0 Å². The Hall–Kier alpha value is -2.24. The molecule has 2 rings (SSSR count). The van der Waals surface area contributed by atoms with E-state index in [0.717, 1.165) is 15.8 Å². The van der Waals surface area contributed by atoms with Crippen LogP contribution in [0.5, 0.6) is 0 Å². The SMILES string of the molecule is CC(=O)c1c(C)ccc(C)c1-n1nn[nH]c1=O. The van der Waals surface area contributed by atoms with Gasteiger partial charge in [0, 0.05) is 5.56 Å². The smallest absolute Gasteiger partial charge is 0.294 e. The van der Waals surface area contributed by atoms with Crippen molar-refractivity contribution in [2.24, 2.45) is 0 Å². The fourth-order valence-electron chi connectivity index (χ4n) is 1.86. The van der Waals surface area contributed by atoms with E-state index in [-0.39, 0.29) is 5.78 Å². The second kappa shape index (κ2) is 3.97. The lowest BCUT2D eigenvalue weighted by molar-refractivity contribution is 0.101. The molecule has 2 aromatic rings. The van der Waals surface area contributed by atoms with Crippen molar-refractivity contribution in [2.75, 3.05) is 0 Å². The molecule has 0 bridgehead atoms. The normalized spacial score (nSPS) is 10.5. The van der Waals surface area contributed by atoms with Crippen LogP contribution in [0.2, 0.25) is 0 Å². The third-order valence-electron chi connectivity index (χ3n) is 2.62. The molecule has 1 N–H and O–H groups in total. The van der Waals surface area contributed by atoms with Gasteiger partial charge in [0.2, 0.25) is 0 Å². The first-order valence-electron chi connectivity index (χ1n) is 5.14. The van der Waals surface area contributed by atoms with Crippen molar-refractivity contribution >= 4 is 5.78 Å². The van der Waals surface area contributed by atoms with E-state index in [4.69, 9.17) is 0 Å². The van der Waals surface area contributed by atoms with Gasteiger partial charge in [0.25, 0.3) is 0 Å². The standard InChI is InChI=1S/C11H12N4O2/c1-6-4-5-7(2)10(9(6)8(3)16)15-11(17)12-13-14-15/h4-5H,1-3H3,(H,12,14,17). The van der Waals surface area contributed by atoms with Crippen molar-refractivity contribution < 1.29 is 4.79 Å². The van der Waals surface area contributed by atoms with Gasteiger partial charge in [0.05, 0.1) is 5.69 Å². The van der Waals surface area contributed by atoms with Crippen LogP contribution < -0.4 is 5.69 Å². The highest BCUT2D eigenvalue weighted by atomic mass is 16.2. The molecule has 1 aromatic carbocycles. The molecule has 0 saturated carbocycles. The Labute approximate surface area is 97.3 Å². The molecule has 0 spiro atoms. The third kappa shape index (κ3) is 1.77. The van der Waals surface area contributed by atoms with Crippen LogP contribution in [-0.2, 0) is 0 Å². The second-order valence-electron chi connectivity index (χ2n) is 3.90. The average molecular weight is 232 g/mol. The lowest BCUT2D eigenvalue weighted by Crippen LogP contribution is -2.20. The fourth-order valence-corrected chi connectivity index (χ4v) is 1.86. The summed E-state index contributed by atoms with van der Waals surface area (Å²) in [6, 6.07) is 3.69. The number of hydrogen-bond donors (Lipinski definition) is 1. The van der Waals surface area contributed by atoms with Crippen molar-refractivity contribution in [3.63, 3.8) is 0 Å². The topological polar surface area (TPSA) is 80.6 Å². The van der Waals surface area contributed by atoms with Gasteiger partial charge in [-0.15, -0.1) is 0 Å². The number of nitrogens with zero attached hydrogens (tertiary/aromatic N) is 3. The summed E-state index contributed by atoms with van der Waals surface area (Å²) in [6.45, 7) is 5.11. The highest BCUT2D eigenvalue weighted by molar-refractivity contribution is 5.99. The predicted molar refractivity (Wildman–Crippen MR) is 61.5 cm³/mol. The summed E-state index contributed by atoms with van der Waals surface area (Å²) in [7, 11) is 0. The highest BCUT2D eigenvalue weighted by Crippen LogP contribution is 2.21. The summed E-state index contributed by atoms with van der Waals surface area (Å²) >= 11 is 0. The summed E-state index contributed by atoms with van der Waals surface area (Å²) in [5.41, 5.74) is 2.16. The number of tetrazole rings is 1. The van der Waals surface area contributed by atoms with Gasteiger partial charge in [-0.25, -0.2) is 9.89 Å². The molecule has 0 atom stereocenters. The number of hydrogen-bond acceptors (Lipinski definition) is 4. The molecule has 6 heteroatoms. The molecule has 0 amide bonds. The average Bonchev–Trinajstić information content (AvgIpc) is 2.67. The Morgan fingerprint density at radius 1 is 1.29 bits per heavy atom. The van der Waals surface area contributed by atoms with Crippen molar-refractivity contribution in [2.45, 2.75) is 20.8 Å². The largest absolute Gasteiger partial charge is 0.365 e. The summed E-state index contributed by atoms with van der Waals surface area (Å²) in [4.78, 5) is 23.2. The number of H-pyrrole nitrogens is 1. The number of Topliss-reactive ketones (excluding diaryl/α,β-unsaturated/α-hetero) is 1. The quantitative estimate of drug-likeness (QED) is 0.775. The molecule has 1 aromatic heterocycles. The predicted octanol–water partition coefficient (Wildman–Crippen LogP) is 0.775. The van der Waals surface area contributed by atoms with E-state index in [9.17, 15) is 9.59 Å². The molecule has 0 aliphatic heterocycles. The molecule has 6 nitrogen and oxygen atoms in total. The molecule has 88 valence electrons. The number of benzene rings is 1. The first kappa shape index (κ1) is 11.3. The number of aromatic nitrogens is 4. The first-order valence-corrected chi connectivity index (χ1v) is 5.14. The molecule has 1 heterocycles. The maximum atomic E-state index is 11.7. The lowest BCUT2D eigenvalue weighted by Gasteiger charge is -2.11. The fraction of sp³-hybridized carbons (Fsp3) is 0.273. The Morgan fingerprint density at radius 2 is 1.94 bits per heavy atom. The van der Waals surface area contributed by atoms with E-state index >= 15 is 0 Å². The second-order valence-corrected chi connectivity index (χ2v) is 3.90. The van der Waals surface area contributed by atoms with Crippen molar-refractivity contribution in [3.8, 4) is 5.69 Å². The van der Waals surface area contributed by atoms with Crippen LogP contribution in [0, 0.1) is 13.8 Å². The van der Waals surface area contributed by atoms with Crippen LogP contribution in [0.25, 0.3) is 5.69 Å². The minimum absolute atomic E-state index is 0.101. The van der Waals surface area contributed by atoms with Gasteiger partial charge in [-0.1, -0.05) is 12.1 Å². The lowest BCUT2D eigenvalue weighted by atomic mass is 9.99. The number of aryl methyl sites for hydroxylation is 2. The number of carbonyl (C=O) groups is 1. The van der Waals surface area contributed by atoms with Gasteiger partial charge in [0.1, 0.15) is 0 Å².